The maximum Gasteiger partial charge on any atom is 0.274 e. The van der Waals surface area contributed by atoms with E-state index in [2.05, 4.69) is 10.4 Å². The van der Waals surface area contributed by atoms with Crippen molar-refractivity contribution < 1.29 is 4.79 Å². The van der Waals surface area contributed by atoms with Gasteiger partial charge in [-0.3, -0.25) is 9.48 Å². The van der Waals surface area contributed by atoms with Crippen LogP contribution in [0.15, 0.2) is 24.3 Å². The van der Waals surface area contributed by atoms with E-state index in [0.29, 0.717) is 27.3 Å². The molecule has 0 atom stereocenters. The Labute approximate surface area is 145 Å². The fraction of sp³-hybridized carbons (Fsp3) is 0.412. The summed E-state index contributed by atoms with van der Waals surface area (Å²) in [7, 11) is 0. The van der Waals surface area contributed by atoms with E-state index in [4.69, 9.17) is 23.2 Å². The topological polar surface area (TPSA) is 46.9 Å². The molecule has 2 aromatic rings. The molecule has 0 unspecified atom stereocenters. The molecule has 0 saturated heterocycles. The lowest BCUT2D eigenvalue weighted by atomic mass is 10.1. The van der Waals surface area contributed by atoms with Gasteiger partial charge in [-0.25, -0.2) is 0 Å². The molecule has 1 heterocycles. The highest BCUT2D eigenvalue weighted by Crippen LogP contribution is 2.40. The van der Waals surface area contributed by atoms with Crippen LogP contribution < -0.4 is 5.32 Å². The second kappa shape index (κ2) is 5.84. The number of aromatic nitrogens is 2. The van der Waals surface area contributed by atoms with Crippen LogP contribution in [0.2, 0.25) is 10.0 Å². The smallest absolute Gasteiger partial charge is 0.274 e. The predicted molar refractivity (Wildman–Crippen MR) is 93.6 cm³/mol. The van der Waals surface area contributed by atoms with Gasteiger partial charge in [0.05, 0.1) is 21.9 Å². The van der Waals surface area contributed by atoms with E-state index in [1.807, 2.05) is 26.8 Å². The highest BCUT2D eigenvalue weighted by atomic mass is 35.5. The highest BCUT2D eigenvalue weighted by molar-refractivity contribution is 6.36. The fourth-order valence-electron chi connectivity index (χ4n) is 2.43. The molecule has 23 heavy (non-hydrogen) atoms. The number of anilines is 1. The third kappa shape index (κ3) is 3.54. The molecule has 6 heteroatoms. The van der Waals surface area contributed by atoms with Crippen LogP contribution >= 0.6 is 23.2 Å². The molecule has 1 saturated carbocycles. The zero-order valence-electron chi connectivity index (χ0n) is 13.4. The lowest BCUT2D eigenvalue weighted by Crippen LogP contribution is -2.29. The predicted octanol–water partition coefficient (Wildman–Crippen LogP) is 5.07. The summed E-state index contributed by atoms with van der Waals surface area (Å²) in [5.41, 5.74) is 1.80. The molecular weight excluding hydrogens is 333 g/mol. The summed E-state index contributed by atoms with van der Waals surface area (Å²) in [4.78, 5) is 12.7. The Balaban J connectivity index is 1.92. The summed E-state index contributed by atoms with van der Waals surface area (Å²) >= 11 is 12.0. The zero-order valence-corrected chi connectivity index (χ0v) is 14.9. The van der Waals surface area contributed by atoms with Gasteiger partial charge in [-0.2, -0.15) is 5.10 Å². The van der Waals surface area contributed by atoms with Crippen molar-refractivity contribution in [2.75, 3.05) is 5.32 Å². The van der Waals surface area contributed by atoms with Gasteiger partial charge in [-0.15, -0.1) is 0 Å². The van der Waals surface area contributed by atoms with Crippen molar-refractivity contribution in [3.63, 3.8) is 0 Å². The molecular formula is C17H19Cl2N3O. The molecule has 1 aromatic carbocycles. The van der Waals surface area contributed by atoms with Crippen molar-refractivity contribution in [3.8, 4) is 0 Å². The summed E-state index contributed by atoms with van der Waals surface area (Å²) in [6.07, 6.45) is 2.29. The maximum atomic E-state index is 12.7. The van der Waals surface area contributed by atoms with Crippen molar-refractivity contribution in [3.05, 3.63) is 45.7 Å². The van der Waals surface area contributed by atoms with Crippen molar-refractivity contribution in [1.82, 2.24) is 9.78 Å². The molecule has 0 radical (unpaired) electrons. The molecule has 3 rings (SSSR count). The first-order valence-corrected chi connectivity index (χ1v) is 8.38. The van der Waals surface area contributed by atoms with Gasteiger partial charge < -0.3 is 5.32 Å². The van der Waals surface area contributed by atoms with Crippen LogP contribution in [0.3, 0.4) is 0 Å². The highest BCUT2D eigenvalue weighted by Gasteiger charge is 2.31. The summed E-state index contributed by atoms with van der Waals surface area (Å²) in [6, 6.07) is 6.89. The molecule has 122 valence electrons. The summed E-state index contributed by atoms with van der Waals surface area (Å²) in [5.74, 6) is 0.271. The number of benzene rings is 1. The van der Waals surface area contributed by atoms with E-state index in [-0.39, 0.29) is 11.4 Å². The number of rotatable bonds is 3. The van der Waals surface area contributed by atoms with Crippen LogP contribution in [-0.2, 0) is 5.54 Å². The molecule has 1 aliphatic carbocycles. The summed E-state index contributed by atoms with van der Waals surface area (Å²) < 4.78 is 1.79. The van der Waals surface area contributed by atoms with Crippen LogP contribution in [0.25, 0.3) is 0 Å². The van der Waals surface area contributed by atoms with E-state index >= 15 is 0 Å². The number of nitrogens with zero attached hydrogens (tertiary/aromatic N) is 2. The number of halogens is 2. The van der Waals surface area contributed by atoms with Crippen LogP contribution in [-0.4, -0.2) is 15.7 Å². The summed E-state index contributed by atoms with van der Waals surface area (Å²) in [6.45, 7) is 6.09. The van der Waals surface area contributed by atoms with Crippen molar-refractivity contribution in [1.29, 1.82) is 0 Å². The average molecular weight is 352 g/mol. The SMILES string of the molecule is CC(C)(C)n1nc(C2CC2)cc1C(=O)Nc1ccc(Cl)cc1Cl. The van der Waals surface area contributed by atoms with Gasteiger partial charge in [-0.05, 0) is 57.9 Å². The molecule has 0 aliphatic heterocycles. The maximum absolute atomic E-state index is 12.7. The Bertz CT molecular complexity index is 758. The normalized spacial score (nSPS) is 14.8. The number of nitrogens with one attached hydrogen (secondary N) is 1. The third-order valence-corrected chi connectivity index (χ3v) is 4.32. The number of hydrogen-bond acceptors (Lipinski definition) is 2. The number of amides is 1. The molecule has 0 bridgehead atoms. The van der Waals surface area contributed by atoms with Crippen LogP contribution in [0.4, 0.5) is 5.69 Å². The Hall–Kier alpha value is -1.52. The van der Waals surface area contributed by atoms with E-state index in [1.54, 1.807) is 22.9 Å². The van der Waals surface area contributed by atoms with E-state index in [1.165, 1.54) is 0 Å². The van der Waals surface area contributed by atoms with Crippen molar-refractivity contribution >= 4 is 34.8 Å². The quantitative estimate of drug-likeness (QED) is 0.838. The number of carbonyl (C=O) groups is 1. The standard InChI is InChI=1S/C17H19Cl2N3O/c1-17(2,3)22-15(9-14(21-22)10-4-5-10)16(23)20-13-7-6-11(18)8-12(13)19/h6-10H,4-5H2,1-3H3,(H,20,23). The minimum atomic E-state index is -0.274. The van der Waals surface area contributed by atoms with Gasteiger partial charge >= 0.3 is 0 Å². The van der Waals surface area contributed by atoms with E-state index < -0.39 is 0 Å². The van der Waals surface area contributed by atoms with E-state index in [9.17, 15) is 4.79 Å². The molecule has 1 amide bonds. The Kier molecular flexibility index (Phi) is 4.15. The first-order valence-electron chi connectivity index (χ1n) is 7.62. The van der Waals surface area contributed by atoms with Gasteiger partial charge in [0.2, 0.25) is 0 Å². The van der Waals surface area contributed by atoms with Crippen molar-refractivity contribution in [2.45, 2.75) is 45.1 Å². The zero-order chi connectivity index (χ0) is 16.8. The summed E-state index contributed by atoms with van der Waals surface area (Å²) in [5, 5.41) is 8.44. The minimum Gasteiger partial charge on any atom is -0.319 e. The Morgan fingerprint density at radius 1 is 1.26 bits per heavy atom. The molecule has 1 aliphatic rings. The van der Waals surface area contributed by atoms with Crippen LogP contribution in [0, 0.1) is 0 Å². The Morgan fingerprint density at radius 2 is 1.96 bits per heavy atom. The molecule has 0 spiro atoms. The van der Waals surface area contributed by atoms with Gasteiger partial charge in [0.15, 0.2) is 0 Å². The minimum absolute atomic E-state index is 0.219. The third-order valence-electron chi connectivity index (χ3n) is 3.77. The first-order chi connectivity index (χ1) is 10.8. The monoisotopic (exact) mass is 351 g/mol. The van der Waals surface area contributed by atoms with E-state index in [0.717, 1.165) is 18.5 Å². The van der Waals surface area contributed by atoms with Gasteiger partial charge in [-0.1, -0.05) is 23.2 Å². The second-order valence-electron chi connectivity index (χ2n) is 6.89. The van der Waals surface area contributed by atoms with Gasteiger partial charge in [0, 0.05) is 10.9 Å². The lowest BCUT2D eigenvalue weighted by Gasteiger charge is -2.22. The van der Waals surface area contributed by atoms with Gasteiger partial charge in [0.25, 0.3) is 5.91 Å². The van der Waals surface area contributed by atoms with Crippen molar-refractivity contribution in [2.24, 2.45) is 0 Å². The Morgan fingerprint density at radius 3 is 2.52 bits per heavy atom. The van der Waals surface area contributed by atoms with Crippen LogP contribution in [0.5, 0.6) is 0 Å². The lowest BCUT2D eigenvalue weighted by molar-refractivity contribution is 0.100. The largest absolute Gasteiger partial charge is 0.319 e. The van der Waals surface area contributed by atoms with Crippen LogP contribution in [0.1, 0.15) is 55.7 Å². The fourth-order valence-corrected chi connectivity index (χ4v) is 2.88. The van der Waals surface area contributed by atoms with Gasteiger partial charge in [0.1, 0.15) is 5.69 Å². The number of hydrogen-bond donors (Lipinski definition) is 1. The molecule has 4 nitrogen and oxygen atoms in total. The molecule has 1 N–H and O–H groups in total. The average Bonchev–Trinajstić information content (AvgIpc) is 3.19. The second-order valence-corrected chi connectivity index (χ2v) is 7.73. The first kappa shape index (κ1) is 16.3. The number of carbonyl (C=O) groups excluding carboxylic acids is 1. The molecule has 1 fully saturated rings. The molecule has 1 aromatic heterocycles.